The van der Waals surface area contributed by atoms with Crippen LogP contribution in [0.15, 0.2) is 24.3 Å². The zero-order valence-corrected chi connectivity index (χ0v) is 11.0. The van der Waals surface area contributed by atoms with E-state index in [1.54, 1.807) is 0 Å². The van der Waals surface area contributed by atoms with Crippen molar-refractivity contribution in [3.8, 4) is 0 Å². The van der Waals surface area contributed by atoms with Gasteiger partial charge in [0.1, 0.15) is 0 Å². The molecule has 1 rings (SSSR count). The van der Waals surface area contributed by atoms with Gasteiger partial charge in [-0.05, 0) is 58.6 Å². The lowest BCUT2D eigenvalue weighted by Crippen LogP contribution is -2.24. The Morgan fingerprint density at radius 2 is 1.94 bits per heavy atom. The first kappa shape index (κ1) is 13.2. The largest absolute Gasteiger partial charge is 0.310 e. The quantitative estimate of drug-likeness (QED) is 0.741. The maximum absolute atomic E-state index is 3.57. The molecule has 0 aliphatic heterocycles. The second kappa shape index (κ2) is 6.66. The Kier molecular flexibility index (Phi) is 5.50. The van der Waals surface area contributed by atoms with Crippen molar-refractivity contribution in [3.05, 3.63) is 35.4 Å². The molecule has 0 aliphatic rings. The summed E-state index contributed by atoms with van der Waals surface area (Å²) >= 11 is 0. The molecule has 0 radical (unpaired) electrons. The molecule has 0 aromatic heterocycles. The maximum atomic E-state index is 3.57. The second-order valence-corrected chi connectivity index (χ2v) is 4.69. The van der Waals surface area contributed by atoms with E-state index in [2.05, 4.69) is 62.4 Å². The molecule has 16 heavy (non-hydrogen) atoms. The second-order valence-electron chi connectivity index (χ2n) is 4.69. The molecule has 0 fully saturated rings. The highest BCUT2D eigenvalue weighted by molar-refractivity contribution is 5.28. The molecule has 0 aliphatic carbocycles. The van der Waals surface area contributed by atoms with E-state index >= 15 is 0 Å². The lowest BCUT2D eigenvalue weighted by atomic mass is 10.0. The average molecular weight is 220 g/mol. The van der Waals surface area contributed by atoms with Crippen molar-refractivity contribution < 1.29 is 0 Å². The Balaban J connectivity index is 2.35. The monoisotopic (exact) mass is 220 g/mol. The molecule has 90 valence electrons. The van der Waals surface area contributed by atoms with Crippen LogP contribution in [0.2, 0.25) is 0 Å². The number of aryl methyl sites for hydroxylation is 1. The molecule has 1 atom stereocenters. The van der Waals surface area contributed by atoms with E-state index in [-0.39, 0.29) is 0 Å². The maximum Gasteiger partial charge on any atom is 0.0294 e. The summed E-state index contributed by atoms with van der Waals surface area (Å²) in [4.78, 5) is 2.22. The van der Waals surface area contributed by atoms with Crippen molar-refractivity contribution in [1.82, 2.24) is 10.2 Å². The Morgan fingerprint density at radius 1 is 1.25 bits per heavy atom. The van der Waals surface area contributed by atoms with Crippen LogP contribution >= 0.6 is 0 Å². The van der Waals surface area contributed by atoms with Crippen LogP contribution in [0.4, 0.5) is 0 Å². The molecule has 1 N–H and O–H groups in total. The standard InChI is InChI=1S/C14H24N2/c1-12-8-5-6-9-14(12)13(2)15-10-7-11-16(3)4/h5-6,8-9,13,15H,7,10-11H2,1-4H3/t13-/m0/s1. The van der Waals surface area contributed by atoms with Gasteiger partial charge in [0.2, 0.25) is 0 Å². The Bertz CT molecular complexity index is 307. The van der Waals surface area contributed by atoms with Gasteiger partial charge in [0.05, 0.1) is 0 Å². The van der Waals surface area contributed by atoms with Gasteiger partial charge in [0.15, 0.2) is 0 Å². The van der Waals surface area contributed by atoms with Gasteiger partial charge in [-0.25, -0.2) is 0 Å². The van der Waals surface area contributed by atoms with Crippen LogP contribution in [-0.4, -0.2) is 32.1 Å². The summed E-state index contributed by atoms with van der Waals surface area (Å²) < 4.78 is 0. The molecule has 0 amide bonds. The fourth-order valence-corrected chi connectivity index (χ4v) is 1.90. The third-order valence-electron chi connectivity index (χ3n) is 2.89. The molecule has 0 spiro atoms. The van der Waals surface area contributed by atoms with Gasteiger partial charge in [-0.2, -0.15) is 0 Å². The summed E-state index contributed by atoms with van der Waals surface area (Å²) in [5.41, 5.74) is 2.78. The highest BCUT2D eigenvalue weighted by Crippen LogP contribution is 2.16. The van der Waals surface area contributed by atoms with Crippen molar-refractivity contribution in [2.45, 2.75) is 26.3 Å². The summed E-state index contributed by atoms with van der Waals surface area (Å²) in [5, 5.41) is 3.57. The summed E-state index contributed by atoms with van der Waals surface area (Å²) in [7, 11) is 4.23. The number of hydrogen-bond donors (Lipinski definition) is 1. The van der Waals surface area contributed by atoms with E-state index in [0.29, 0.717) is 6.04 Å². The first-order valence-corrected chi connectivity index (χ1v) is 6.05. The Hall–Kier alpha value is -0.860. The molecule has 0 heterocycles. The molecule has 0 saturated heterocycles. The predicted molar refractivity (Wildman–Crippen MR) is 70.8 cm³/mol. The normalized spacial score (nSPS) is 13.1. The number of nitrogens with one attached hydrogen (secondary N) is 1. The van der Waals surface area contributed by atoms with Gasteiger partial charge in [-0.15, -0.1) is 0 Å². The molecule has 2 nitrogen and oxygen atoms in total. The van der Waals surface area contributed by atoms with Crippen LogP contribution in [0.25, 0.3) is 0 Å². The van der Waals surface area contributed by atoms with Crippen LogP contribution in [0.1, 0.15) is 30.5 Å². The molecule has 0 bridgehead atoms. The lowest BCUT2D eigenvalue weighted by molar-refractivity contribution is 0.389. The average Bonchev–Trinajstić information content (AvgIpc) is 2.24. The highest BCUT2D eigenvalue weighted by atomic mass is 15.1. The first-order chi connectivity index (χ1) is 7.61. The molecular weight excluding hydrogens is 196 g/mol. The third kappa shape index (κ3) is 4.33. The van der Waals surface area contributed by atoms with Crippen molar-refractivity contribution in [2.24, 2.45) is 0 Å². The van der Waals surface area contributed by atoms with Crippen LogP contribution in [0.3, 0.4) is 0 Å². The lowest BCUT2D eigenvalue weighted by Gasteiger charge is -2.17. The van der Waals surface area contributed by atoms with Crippen LogP contribution in [0, 0.1) is 6.92 Å². The summed E-state index contributed by atoms with van der Waals surface area (Å²) in [6, 6.07) is 9.04. The topological polar surface area (TPSA) is 15.3 Å². The smallest absolute Gasteiger partial charge is 0.0294 e. The van der Waals surface area contributed by atoms with E-state index in [1.165, 1.54) is 17.5 Å². The number of benzene rings is 1. The molecule has 1 aromatic carbocycles. The van der Waals surface area contributed by atoms with Gasteiger partial charge in [-0.3, -0.25) is 0 Å². The number of hydrogen-bond acceptors (Lipinski definition) is 2. The van der Waals surface area contributed by atoms with Crippen molar-refractivity contribution >= 4 is 0 Å². The Labute approximate surface area is 99.7 Å². The van der Waals surface area contributed by atoms with Crippen LogP contribution in [0.5, 0.6) is 0 Å². The fourth-order valence-electron chi connectivity index (χ4n) is 1.90. The molecule has 1 aromatic rings. The van der Waals surface area contributed by atoms with Gasteiger partial charge in [0, 0.05) is 6.04 Å². The van der Waals surface area contributed by atoms with E-state index in [0.717, 1.165) is 13.1 Å². The van der Waals surface area contributed by atoms with Gasteiger partial charge in [0.25, 0.3) is 0 Å². The van der Waals surface area contributed by atoms with E-state index in [1.807, 2.05) is 0 Å². The zero-order valence-electron chi connectivity index (χ0n) is 11.0. The fraction of sp³-hybridized carbons (Fsp3) is 0.571. The summed E-state index contributed by atoms with van der Waals surface area (Å²) in [6.45, 7) is 6.63. The van der Waals surface area contributed by atoms with E-state index in [4.69, 9.17) is 0 Å². The summed E-state index contributed by atoms with van der Waals surface area (Å²) in [6.07, 6.45) is 1.20. The van der Waals surface area contributed by atoms with Gasteiger partial charge < -0.3 is 10.2 Å². The van der Waals surface area contributed by atoms with Gasteiger partial charge in [-0.1, -0.05) is 24.3 Å². The summed E-state index contributed by atoms with van der Waals surface area (Å²) in [5.74, 6) is 0. The third-order valence-corrected chi connectivity index (χ3v) is 2.89. The van der Waals surface area contributed by atoms with Gasteiger partial charge >= 0.3 is 0 Å². The SMILES string of the molecule is Cc1ccccc1[C@H](C)NCCCN(C)C. The Morgan fingerprint density at radius 3 is 2.56 bits per heavy atom. The number of rotatable bonds is 6. The minimum Gasteiger partial charge on any atom is -0.310 e. The molecule has 0 saturated carbocycles. The molecule has 0 unspecified atom stereocenters. The van der Waals surface area contributed by atoms with Crippen molar-refractivity contribution in [2.75, 3.05) is 27.2 Å². The number of nitrogens with zero attached hydrogens (tertiary/aromatic N) is 1. The molecular formula is C14H24N2. The van der Waals surface area contributed by atoms with Crippen molar-refractivity contribution in [1.29, 1.82) is 0 Å². The van der Waals surface area contributed by atoms with Crippen molar-refractivity contribution in [3.63, 3.8) is 0 Å². The highest BCUT2D eigenvalue weighted by Gasteiger charge is 2.06. The van der Waals surface area contributed by atoms with Crippen LogP contribution < -0.4 is 5.32 Å². The zero-order chi connectivity index (χ0) is 12.0. The predicted octanol–water partition coefficient (Wildman–Crippen LogP) is 2.60. The molecule has 2 heteroatoms. The van der Waals surface area contributed by atoms with Crippen LogP contribution in [-0.2, 0) is 0 Å². The van der Waals surface area contributed by atoms with E-state index < -0.39 is 0 Å². The van der Waals surface area contributed by atoms with E-state index in [9.17, 15) is 0 Å². The first-order valence-electron chi connectivity index (χ1n) is 6.05. The minimum atomic E-state index is 0.448. The minimum absolute atomic E-state index is 0.448.